The van der Waals surface area contributed by atoms with Gasteiger partial charge in [-0.15, -0.1) is 11.3 Å². The Morgan fingerprint density at radius 2 is 2.16 bits per heavy atom. The molecule has 4 rings (SSSR count). The molecule has 1 fully saturated rings. The van der Waals surface area contributed by atoms with Crippen molar-refractivity contribution in [3.63, 3.8) is 0 Å². The van der Waals surface area contributed by atoms with Crippen molar-refractivity contribution in [2.45, 2.75) is 102 Å². The van der Waals surface area contributed by atoms with Gasteiger partial charge in [0.05, 0.1) is 23.8 Å². The summed E-state index contributed by atoms with van der Waals surface area (Å²) in [6, 6.07) is 0.170. The second kappa shape index (κ2) is 11.2. The topological polar surface area (TPSA) is 73.2 Å². The molecule has 32 heavy (non-hydrogen) atoms. The van der Waals surface area contributed by atoms with E-state index in [-0.39, 0.29) is 29.4 Å². The Morgan fingerprint density at radius 1 is 1.31 bits per heavy atom. The van der Waals surface area contributed by atoms with Crippen LogP contribution in [-0.4, -0.2) is 40.0 Å². The highest BCUT2D eigenvalue weighted by atomic mass is 32.2. The zero-order chi connectivity index (χ0) is 22.5. The molecule has 1 aliphatic heterocycles. The SMILES string of the molecule is CCCCCC(C)NC(=O)CSc1nc2sc3c(c2c(=O)n1CC1CCCO1)CCCC3. The molecule has 8 heteroatoms. The molecule has 0 spiro atoms. The predicted octanol–water partition coefficient (Wildman–Crippen LogP) is 4.69. The van der Waals surface area contributed by atoms with Crippen molar-refractivity contribution < 1.29 is 9.53 Å². The van der Waals surface area contributed by atoms with Crippen LogP contribution in [0.4, 0.5) is 0 Å². The van der Waals surface area contributed by atoms with Gasteiger partial charge in [-0.3, -0.25) is 14.2 Å². The third-order valence-electron chi connectivity index (χ3n) is 6.43. The number of carbonyl (C=O) groups is 1. The molecule has 1 saturated heterocycles. The highest BCUT2D eigenvalue weighted by Crippen LogP contribution is 2.35. The number of fused-ring (bicyclic) bond motifs is 3. The van der Waals surface area contributed by atoms with E-state index in [1.807, 2.05) is 0 Å². The summed E-state index contributed by atoms with van der Waals surface area (Å²) in [7, 11) is 0. The van der Waals surface area contributed by atoms with Crippen molar-refractivity contribution in [2.75, 3.05) is 12.4 Å². The van der Waals surface area contributed by atoms with Crippen molar-refractivity contribution in [2.24, 2.45) is 0 Å². The van der Waals surface area contributed by atoms with Gasteiger partial charge in [0.2, 0.25) is 5.91 Å². The quantitative estimate of drug-likeness (QED) is 0.305. The lowest BCUT2D eigenvalue weighted by atomic mass is 9.97. The highest BCUT2D eigenvalue weighted by Gasteiger charge is 2.25. The van der Waals surface area contributed by atoms with Gasteiger partial charge in [-0.2, -0.15) is 0 Å². The van der Waals surface area contributed by atoms with Gasteiger partial charge in [-0.1, -0.05) is 37.9 Å². The first-order valence-corrected chi connectivity index (χ1v) is 14.0. The number of carbonyl (C=O) groups excluding carboxylic acids is 1. The number of hydrogen-bond acceptors (Lipinski definition) is 6. The number of aryl methyl sites for hydroxylation is 2. The maximum Gasteiger partial charge on any atom is 0.263 e. The van der Waals surface area contributed by atoms with E-state index in [2.05, 4.69) is 19.2 Å². The van der Waals surface area contributed by atoms with Crippen LogP contribution >= 0.6 is 23.1 Å². The summed E-state index contributed by atoms with van der Waals surface area (Å²) >= 11 is 3.04. The fourth-order valence-electron chi connectivity index (χ4n) is 4.70. The number of ether oxygens (including phenoxy) is 1. The van der Waals surface area contributed by atoms with E-state index in [1.54, 1.807) is 15.9 Å². The van der Waals surface area contributed by atoms with Crippen LogP contribution < -0.4 is 10.9 Å². The summed E-state index contributed by atoms with van der Waals surface area (Å²) in [6.45, 7) is 5.52. The van der Waals surface area contributed by atoms with Crippen LogP contribution in [0.15, 0.2) is 9.95 Å². The molecule has 1 aliphatic carbocycles. The van der Waals surface area contributed by atoms with Crippen LogP contribution in [-0.2, 0) is 28.9 Å². The molecule has 2 aromatic heterocycles. The van der Waals surface area contributed by atoms with Gasteiger partial charge in [-0.05, 0) is 57.4 Å². The second-order valence-corrected chi connectivity index (χ2v) is 11.1. The van der Waals surface area contributed by atoms with Gasteiger partial charge in [-0.25, -0.2) is 4.98 Å². The van der Waals surface area contributed by atoms with Crippen molar-refractivity contribution in [3.05, 3.63) is 20.8 Å². The molecule has 1 N–H and O–H groups in total. The number of thiophene rings is 1. The van der Waals surface area contributed by atoms with E-state index in [1.165, 1.54) is 41.5 Å². The monoisotopic (exact) mass is 477 g/mol. The van der Waals surface area contributed by atoms with Crippen molar-refractivity contribution in [1.82, 2.24) is 14.9 Å². The Hall–Kier alpha value is -1.38. The number of nitrogens with one attached hydrogen (secondary N) is 1. The molecule has 2 unspecified atom stereocenters. The Bertz CT molecular complexity index is 995. The Labute approximate surface area is 198 Å². The van der Waals surface area contributed by atoms with Crippen molar-refractivity contribution in [1.29, 1.82) is 0 Å². The van der Waals surface area contributed by atoms with Gasteiger partial charge < -0.3 is 10.1 Å². The predicted molar refractivity (Wildman–Crippen MR) is 132 cm³/mol. The first kappa shape index (κ1) is 23.8. The lowest BCUT2D eigenvalue weighted by molar-refractivity contribution is -0.119. The third kappa shape index (κ3) is 5.57. The maximum absolute atomic E-state index is 13.6. The Morgan fingerprint density at radius 3 is 2.94 bits per heavy atom. The smallest absolute Gasteiger partial charge is 0.263 e. The highest BCUT2D eigenvalue weighted by molar-refractivity contribution is 7.99. The van der Waals surface area contributed by atoms with Gasteiger partial charge in [0.15, 0.2) is 5.16 Å². The largest absolute Gasteiger partial charge is 0.376 e. The summed E-state index contributed by atoms with van der Waals surface area (Å²) in [5.41, 5.74) is 1.26. The molecule has 2 aliphatic rings. The maximum atomic E-state index is 13.6. The molecule has 0 bridgehead atoms. The second-order valence-electron chi connectivity index (χ2n) is 9.09. The Balaban J connectivity index is 1.54. The lowest BCUT2D eigenvalue weighted by Crippen LogP contribution is -2.34. The Kier molecular flexibility index (Phi) is 8.29. The minimum Gasteiger partial charge on any atom is -0.376 e. The summed E-state index contributed by atoms with van der Waals surface area (Å²) in [5, 5.41) is 4.55. The minimum absolute atomic E-state index is 0.00230. The van der Waals surface area contributed by atoms with E-state index in [9.17, 15) is 9.59 Å². The molecular formula is C24H35N3O3S2. The van der Waals surface area contributed by atoms with Crippen molar-refractivity contribution in [3.8, 4) is 0 Å². The zero-order valence-corrected chi connectivity index (χ0v) is 20.9. The molecule has 2 aromatic rings. The number of amides is 1. The van der Waals surface area contributed by atoms with E-state index < -0.39 is 0 Å². The van der Waals surface area contributed by atoms with Gasteiger partial charge in [0.1, 0.15) is 4.83 Å². The summed E-state index contributed by atoms with van der Waals surface area (Å²) in [6.07, 6.45) is 10.9. The van der Waals surface area contributed by atoms with E-state index in [0.717, 1.165) is 61.8 Å². The molecule has 0 saturated carbocycles. The molecule has 3 heterocycles. The first-order chi connectivity index (χ1) is 15.6. The molecule has 0 radical (unpaired) electrons. The average molecular weight is 478 g/mol. The van der Waals surface area contributed by atoms with Crippen LogP contribution in [0.3, 0.4) is 0 Å². The molecule has 0 aromatic carbocycles. The number of thioether (sulfide) groups is 1. The molecular weight excluding hydrogens is 442 g/mol. The number of unbranched alkanes of at least 4 members (excludes halogenated alkanes) is 2. The lowest BCUT2D eigenvalue weighted by Gasteiger charge is -2.17. The normalized spacial score (nSPS) is 19.2. The zero-order valence-electron chi connectivity index (χ0n) is 19.3. The van der Waals surface area contributed by atoms with E-state index in [0.29, 0.717) is 11.7 Å². The molecule has 2 atom stereocenters. The molecule has 176 valence electrons. The number of aromatic nitrogens is 2. The van der Waals surface area contributed by atoms with Crippen LogP contribution in [0.5, 0.6) is 0 Å². The molecule has 6 nitrogen and oxygen atoms in total. The van der Waals surface area contributed by atoms with Gasteiger partial charge >= 0.3 is 0 Å². The first-order valence-electron chi connectivity index (χ1n) is 12.2. The standard InChI is InChI=1S/C24H35N3O3S2/c1-3-4-5-9-16(2)25-20(28)15-31-24-26-22-21(18-11-6-7-12-19(18)32-22)23(29)27(24)14-17-10-8-13-30-17/h16-17H,3-15H2,1-2H3,(H,25,28). The van der Waals surface area contributed by atoms with Crippen LogP contribution in [0.25, 0.3) is 10.2 Å². The van der Waals surface area contributed by atoms with E-state index >= 15 is 0 Å². The van der Waals surface area contributed by atoms with Crippen LogP contribution in [0.1, 0.15) is 75.7 Å². The fraction of sp³-hybridized carbons (Fsp3) is 0.708. The fourth-order valence-corrected chi connectivity index (χ4v) is 6.82. The van der Waals surface area contributed by atoms with Crippen LogP contribution in [0.2, 0.25) is 0 Å². The average Bonchev–Trinajstić information content (AvgIpc) is 3.42. The summed E-state index contributed by atoms with van der Waals surface area (Å²) in [4.78, 5) is 33.2. The van der Waals surface area contributed by atoms with Crippen LogP contribution in [0, 0.1) is 0 Å². The summed E-state index contributed by atoms with van der Waals surface area (Å²) < 4.78 is 7.60. The van der Waals surface area contributed by atoms with E-state index in [4.69, 9.17) is 9.72 Å². The number of hydrogen-bond donors (Lipinski definition) is 1. The molecule has 1 amide bonds. The number of nitrogens with zero attached hydrogens (tertiary/aromatic N) is 2. The summed E-state index contributed by atoms with van der Waals surface area (Å²) in [5.74, 6) is 0.273. The van der Waals surface area contributed by atoms with Crippen molar-refractivity contribution >= 4 is 39.2 Å². The number of rotatable bonds is 10. The van der Waals surface area contributed by atoms with Gasteiger partial charge in [0.25, 0.3) is 5.56 Å². The minimum atomic E-state index is 0.00230. The van der Waals surface area contributed by atoms with Gasteiger partial charge in [0, 0.05) is 17.5 Å². The third-order valence-corrected chi connectivity index (χ3v) is 8.59.